The van der Waals surface area contributed by atoms with Gasteiger partial charge in [0.1, 0.15) is 0 Å². The zero-order chi connectivity index (χ0) is 19.3. The molecule has 3 heterocycles. The topological polar surface area (TPSA) is 75.4 Å². The van der Waals surface area contributed by atoms with Crippen LogP contribution in [-0.2, 0) is 6.42 Å². The molecule has 4 rings (SSSR count). The molecule has 0 N–H and O–H groups in total. The van der Waals surface area contributed by atoms with Crippen molar-refractivity contribution in [3.63, 3.8) is 0 Å². The molecule has 1 unspecified atom stereocenters. The van der Waals surface area contributed by atoms with Crippen LogP contribution in [0.2, 0.25) is 0 Å². The Balaban J connectivity index is 1.35. The summed E-state index contributed by atoms with van der Waals surface area (Å²) in [5.74, 6) is 1.20. The second-order valence-corrected chi connectivity index (χ2v) is 7.03. The highest BCUT2D eigenvalue weighted by atomic mass is 16.5. The number of amides is 1. The van der Waals surface area contributed by atoms with Gasteiger partial charge in [0.2, 0.25) is 11.7 Å². The maximum absolute atomic E-state index is 12.8. The predicted molar refractivity (Wildman–Crippen MR) is 105 cm³/mol. The lowest BCUT2D eigenvalue weighted by molar-refractivity contribution is 0.0704. The Hall–Kier alpha value is -3.22. The van der Waals surface area contributed by atoms with E-state index in [-0.39, 0.29) is 5.91 Å². The summed E-state index contributed by atoms with van der Waals surface area (Å²) in [4.78, 5) is 25.2. The number of aromatic nitrogens is 3. The second kappa shape index (κ2) is 8.21. The van der Waals surface area contributed by atoms with Gasteiger partial charge >= 0.3 is 0 Å². The molecule has 7 heteroatoms. The molecule has 28 heavy (non-hydrogen) atoms. The Labute approximate surface area is 164 Å². The lowest BCUT2D eigenvalue weighted by Gasteiger charge is -2.34. The van der Waals surface area contributed by atoms with Gasteiger partial charge in [-0.3, -0.25) is 4.79 Å². The Morgan fingerprint density at radius 1 is 1.07 bits per heavy atom. The van der Waals surface area contributed by atoms with Gasteiger partial charge in [-0.1, -0.05) is 42.4 Å². The van der Waals surface area contributed by atoms with Gasteiger partial charge < -0.3 is 14.3 Å². The van der Waals surface area contributed by atoms with E-state index >= 15 is 0 Å². The van der Waals surface area contributed by atoms with E-state index in [1.807, 2.05) is 18.2 Å². The molecule has 2 aromatic heterocycles. The SMILES string of the molecule is CC(Cc1cc(C(=O)N2CCN(c3ncccn3)CC2)on1)c1ccccc1. The molecule has 1 aliphatic rings. The third-order valence-corrected chi connectivity index (χ3v) is 5.06. The van der Waals surface area contributed by atoms with E-state index in [1.54, 1.807) is 29.4 Å². The standard InChI is InChI=1S/C21H23N5O2/c1-16(17-6-3-2-4-7-17)14-18-15-19(28-24-18)20(27)25-10-12-26(13-11-25)21-22-8-5-9-23-21/h2-9,15-16H,10-14H2,1H3. The Morgan fingerprint density at radius 3 is 2.50 bits per heavy atom. The summed E-state index contributed by atoms with van der Waals surface area (Å²) in [5.41, 5.74) is 2.05. The summed E-state index contributed by atoms with van der Waals surface area (Å²) in [7, 11) is 0. The maximum atomic E-state index is 12.8. The molecule has 1 atom stereocenters. The predicted octanol–water partition coefficient (Wildman–Crippen LogP) is 2.77. The van der Waals surface area contributed by atoms with Crippen LogP contribution >= 0.6 is 0 Å². The number of benzene rings is 1. The van der Waals surface area contributed by atoms with E-state index in [2.05, 4.69) is 39.1 Å². The summed E-state index contributed by atoms with van der Waals surface area (Å²) >= 11 is 0. The van der Waals surface area contributed by atoms with Crippen molar-refractivity contribution in [2.45, 2.75) is 19.3 Å². The highest BCUT2D eigenvalue weighted by Gasteiger charge is 2.26. The molecule has 1 saturated heterocycles. The van der Waals surface area contributed by atoms with Gasteiger partial charge in [-0.05, 0) is 24.0 Å². The molecule has 0 bridgehead atoms. The summed E-state index contributed by atoms with van der Waals surface area (Å²) in [6, 6.07) is 13.8. The Bertz CT molecular complexity index is 905. The third-order valence-electron chi connectivity index (χ3n) is 5.06. The van der Waals surface area contributed by atoms with Gasteiger partial charge in [-0.15, -0.1) is 0 Å². The van der Waals surface area contributed by atoms with E-state index < -0.39 is 0 Å². The number of nitrogens with zero attached hydrogens (tertiary/aromatic N) is 5. The lowest BCUT2D eigenvalue weighted by Crippen LogP contribution is -2.49. The average Bonchev–Trinajstić information content (AvgIpc) is 3.23. The van der Waals surface area contributed by atoms with Gasteiger partial charge in [0.15, 0.2) is 0 Å². The smallest absolute Gasteiger partial charge is 0.292 e. The highest BCUT2D eigenvalue weighted by Crippen LogP contribution is 2.21. The van der Waals surface area contributed by atoms with E-state index in [0.717, 1.165) is 12.1 Å². The molecule has 0 radical (unpaired) electrons. The first-order valence-corrected chi connectivity index (χ1v) is 9.52. The molecule has 1 aromatic carbocycles. The van der Waals surface area contributed by atoms with Crippen LogP contribution in [0.4, 0.5) is 5.95 Å². The molecule has 1 amide bonds. The van der Waals surface area contributed by atoms with E-state index in [1.165, 1.54) is 5.56 Å². The summed E-state index contributed by atoms with van der Waals surface area (Å²) < 4.78 is 5.35. The maximum Gasteiger partial charge on any atom is 0.292 e. The van der Waals surface area contributed by atoms with Crippen molar-refractivity contribution in [2.75, 3.05) is 31.1 Å². The van der Waals surface area contributed by atoms with Crippen LogP contribution in [0, 0.1) is 0 Å². The van der Waals surface area contributed by atoms with Gasteiger partial charge in [-0.2, -0.15) is 0 Å². The molecule has 144 valence electrons. The van der Waals surface area contributed by atoms with Gasteiger partial charge in [0, 0.05) is 44.6 Å². The van der Waals surface area contributed by atoms with E-state index in [0.29, 0.717) is 43.8 Å². The number of carbonyl (C=O) groups is 1. The first-order valence-electron chi connectivity index (χ1n) is 9.52. The summed E-state index contributed by atoms with van der Waals surface area (Å²) in [6.45, 7) is 4.75. The Morgan fingerprint density at radius 2 is 1.79 bits per heavy atom. The van der Waals surface area contributed by atoms with E-state index in [4.69, 9.17) is 4.52 Å². The van der Waals surface area contributed by atoms with Crippen molar-refractivity contribution in [1.29, 1.82) is 0 Å². The largest absolute Gasteiger partial charge is 0.351 e. The van der Waals surface area contributed by atoms with Crippen LogP contribution in [0.15, 0.2) is 59.4 Å². The molecular weight excluding hydrogens is 354 g/mol. The highest BCUT2D eigenvalue weighted by molar-refractivity contribution is 5.91. The Kier molecular flexibility index (Phi) is 5.32. The van der Waals surface area contributed by atoms with Crippen molar-refractivity contribution in [2.24, 2.45) is 0 Å². The van der Waals surface area contributed by atoms with Crippen LogP contribution < -0.4 is 4.90 Å². The third kappa shape index (κ3) is 4.03. The monoisotopic (exact) mass is 377 g/mol. The van der Waals surface area contributed by atoms with Crippen molar-refractivity contribution < 1.29 is 9.32 Å². The number of carbonyl (C=O) groups excluding carboxylic acids is 1. The zero-order valence-corrected chi connectivity index (χ0v) is 15.9. The fraction of sp³-hybridized carbons (Fsp3) is 0.333. The van der Waals surface area contributed by atoms with Crippen molar-refractivity contribution in [3.8, 4) is 0 Å². The first-order chi connectivity index (χ1) is 13.7. The fourth-order valence-corrected chi connectivity index (χ4v) is 3.44. The van der Waals surface area contributed by atoms with Crippen LogP contribution in [0.3, 0.4) is 0 Å². The molecule has 1 aliphatic heterocycles. The average molecular weight is 377 g/mol. The molecule has 0 aliphatic carbocycles. The van der Waals surface area contributed by atoms with Crippen LogP contribution in [-0.4, -0.2) is 52.1 Å². The van der Waals surface area contributed by atoms with Crippen molar-refractivity contribution in [3.05, 3.63) is 71.9 Å². The van der Waals surface area contributed by atoms with Crippen LogP contribution in [0.5, 0.6) is 0 Å². The van der Waals surface area contributed by atoms with Gasteiger partial charge in [0.05, 0.1) is 5.69 Å². The number of piperazine rings is 1. The molecule has 7 nitrogen and oxygen atoms in total. The quantitative estimate of drug-likeness (QED) is 0.681. The molecule has 3 aromatic rings. The normalized spacial score (nSPS) is 15.5. The second-order valence-electron chi connectivity index (χ2n) is 7.03. The first kappa shape index (κ1) is 18.2. The number of hydrogen-bond acceptors (Lipinski definition) is 6. The number of rotatable bonds is 5. The zero-order valence-electron chi connectivity index (χ0n) is 15.9. The van der Waals surface area contributed by atoms with Crippen LogP contribution in [0.1, 0.15) is 34.7 Å². The fourth-order valence-electron chi connectivity index (χ4n) is 3.44. The molecular formula is C21H23N5O2. The minimum atomic E-state index is -0.111. The van der Waals surface area contributed by atoms with Gasteiger partial charge in [0.25, 0.3) is 5.91 Å². The minimum Gasteiger partial charge on any atom is -0.351 e. The van der Waals surface area contributed by atoms with Crippen molar-refractivity contribution in [1.82, 2.24) is 20.0 Å². The van der Waals surface area contributed by atoms with Crippen LogP contribution in [0.25, 0.3) is 0 Å². The summed E-state index contributed by atoms with van der Waals surface area (Å²) in [6.07, 6.45) is 4.19. The lowest BCUT2D eigenvalue weighted by atomic mass is 9.96. The summed E-state index contributed by atoms with van der Waals surface area (Å²) in [5, 5.41) is 4.11. The number of hydrogen-bond donors (Lipinski definition) is 0. The number of anilines is 1. The van der Waals surface area contributed by atoms with Crippen molar-refractivity contribution >= 4 is 11.9 Å². The molecule has 1 fully saturated rings. The van der Waals surface area contributed by atoms with Gasteiger partial charge in [-0.25, -0.2) is 9.97 Å². The molecule has 0 spiro atoms. The van der Waals surface area contributed by atoms with E-state index in [9.17, 15) is 4.79 Å². The molecule has 0 saturated carbocycles. The minimum absolute atomic E-state index is 0.111.